The average molecular weight is 400 g/mol. The van der Waals surface area contributed by atoms with Crippen molar-refractivity contribution in [3.05, 3.63) is 69.7 Å². The molecule has 2 aromatic carbocycles. The lowest BCUT2D eigenvalue weighted by Crippen LogP contribution is -2.19. The number of benzene rings is 2. The van der Waals surface area contributed by atoms with Gasteiger partial charge in [0.15, 0.2) is 0 Å². The number of hydrogen-bond acceptors (Lipinski definition) is 4. The second-order valence-electron chi connectivity index (χ2n) is 6.01. The van der Waals surface area contributed by atoms with Gasteiger partial charge in [-0.1, -0.05) is 41.4 Å². The molecule has 0 aliphatic carbocycles. The highest BCUT2D eigenvalue weighted by Crippen LogP contribution is 2.26. The largest absolute Gasteiger partial charge is 0.355 e. The van der Waals surface area contributed by atoms with Gasteiger partial charge in [-0.2, -0.15) is 0 Å². The molecule has 0 aliphatic rings. The van der Waals surface area contributed by atoms with E-state index >= 15 is 0 Å². The molecule has 0 fully saturated rings. The van der Waals surface area contributed by atoms with Crippen LogP contribution in [0.2, 0.25) is 5.02 Å². The number of rotatable bonds is 5. The fourth-order valence-corrected chi connectivity index (χ4v) is 3.47. The number of nitrogens with zero attached hydrogens (tertiary/aromatic N) is 1. The highest BCUT2D eigenvalue weighted by molar-refractivity contribution is 7.13. The molecule has 2 amide bonds. The zero-order chi connectivity index (χ0) is 19.4. The number of carbonyl (C=O) groups excluding carboxylic acids is 2. The Balaban J connectivity index is 1.70. The summed E-state index contributed by atoms with van der Waals surface area (Å²) >= 11 is 7.63. The lowest BCUT2D eigenvalue weighted by Gasteiger charge is -2.08. The first-order valence-corrected chi connectivity index (χ1v) is 9.55. The van der Waals surface area contributed by atoms with Gasteiger partial charge in [0.1, 0.15) is 5.01 Å². The predicted octanol–water partition coefficient (Wildman–Crippen LogP) is 4.31. The highest BCUT2D eigenvalue weighted by atomic mass is 35.5. The number of halogens is 1. The maximum atomic E-state index is 12.4. The Morgan fingerprint density at radius 2 is 1.89 bits per heavy atom. The molecule has 1 aromatic heterocycles. The zero-order valence-electron chi connectivity index (χ0n) is 14.9. The molecule has 0 radical (unpaired) electrons. The molecule has 3 aromatic rings. The molecule has 0 spiro atoms. The van der Waals surface area contributed by atoms with E-state index in [-0.39, 0.29) is 18.2 Å². The fraction of sp³-hybridized carbons (Fsp3) is 0.150. The molecule has 7 heteroatoms. The topological polar surface area (TPSA) is 71.1 Å². The lowest BCUT2D eigenvalue weighted by atomic mass is 10.1. The van der Waals surface area contributed by atoms with Crippen LogP contribution in [0.25, 0.3) is 10.6 Å². The van der Waals surface area contributed by atoms with Gasteiger partial charge in [-0.15, -0.1) is 11.3 Å². The maximum absolute atomic E-state index is 12.4. The van der Waals surface area contributed by atoms with E-state index in [4.69, 9.17) is 11.6 Å². The van der Waals surface area contributed by atoms with Crippen molar-refractivity contribution in [1.29, 1.82) is 0 Å². The van der Waals surface area contributed by atoms with Gasteiger partial charge in [0.25, 0.3) is 5.91 Å². The van der Waals surface area contributed by atoms with Crippen molar-refractivity contribution < 1.29 is 9.59 Å². The summed E-state index contributed by atoms with van der Waals surface area (Å²) in [6, 6.07) is 12.8. The summed E-state index contributed by atoms with van der Waals surface area (Å²) in [5.41, 5.74) is 3.72. The minimum atomic E-state index is -0.246. The molecule has 138 valence electrons. The Kier molecular flexibility index (Phi) is 5.88. The van der Waals surface area contributed by atoms with Crippen molar-refractivity contribution in [3.63, 3.8) is 0 Å². The molecule has 0 atom stereocenters. The second-order valence-corrected chi connectivity index (χ2v) is 7.27. The zero-order valence-corrected chi connectivity index (χ0v) is 16.4. The van der Waals surface area contributed by atoms with E-state index in [1.807, 2.05) is 36.6 Å². The minimum Gasteiger partial charge on any atom is -0.355 e. The first-order chi connectivity index (χ1) is 13.0. The van der Waals surface area contributed by atoms with Crippen LogP contribution in [0.1, 0.15) is 21.6 Å². The quantitative estimate of drug-likeness (QED) is 0.671. The molecular weight excluding hydrogens is 382 g/mol. The summed E-state index contributed by atoms with van der Waals surface area (Å²) in [4.78, 5) is 28.6. The number of carbonyl (C=O) groups is 2. The van der Waals surface area contributed by atoms with Crippen LogP contribution in [0.4, 0.5) is 5.69 Å². The van der Waals surface area contributed by atoms with Crippen LogP contribution in [0.3, 0.4) is 0 Å². The van der Waals surface area contributed by atoms with Crippen LogP contribution < -0.4 is 10.6 Å². The van der Waals surface area contributed by atoms with Gasteiger partial charge in [0.05, 0.1) is 22.8 Å². The van der Waals surface area contributed by atoms with Crippen LogP contribution in [0, 0.1) is 6.92 Å². The van der Waals surface area contributed by atoms with E-state index in [2.05, 4.69) is 15.6 Å². The number of amides is 2. The molecule has 2 N–H and O–H groups in total. The van der Waals surface area contributed by atoms with Gasteiger partial charge in [0, 0.05) is 23.6 Å². The Labute approximate surface area is 166 Å². The molecule has 0 unspecified atom stereocenters. The molecule has 3 rings (SSSR count). The lowest BCUT2D eigenvalue weighted by molar-refractivity contribution is -0.115. The normalized spacial score (nSPS) is 10.5. The first-order valence-electron chi connectivity index (χ1n) is 8.29. The van der Waals surface area contributed by atoms with Crippen LogP contribution in [-0.2, 0) is 11.2 Å². The van der Waals surface area contributed by atoms with Crippen LogP contribution in [-0.4, -0.2) is 23.8 Å². The van der Waals surface area contributed by atoms with Crippen molar-refractivity contribution in [3.8, 4) is 10.6 Å². The van der Waals surface area contributed by atoms with Gasteiger partial charge in [-0.05, 0) is 25.1 Å². The van der Waals surface area contributed by atoms with Crippen molar-refractivity contribution in [2.75, 3.05) is 12.4 Å². The van der Waals surface area contributed by atoms with E-state index < -0.39 is 0 Å². The highest BCUT2D eigenvalue weighted by Gasteiger charge is 2.13. The molecule has 0 saturated heterocycles. The van der Waals surface area contributed by atoms with Crippen molar-refractivity contribution in [2.24, 2.45) is 0 Å². The third-order valence-electron chi connectivity index (χ3n) is 3.92. The molecule has 0 aliphatic heterocycles. The van der Waals surface area contributed by atoms with E-state index in [1.54, 1.807) is 25.2 Å². The minimum absolute atomic E-state index is 0.128. The van der Waals surface area contributed by atoms with Crippen LogP contribution in [0.5, 0.6) is 0 Å². The molecule has 0 bridgehead atoms. The molecule has 5 nitrogen and oxygen atoms in total. The molecular formula is C20H18ClN3O2S. The van der Waals surface area contributed by atoms with Crippen LogP contribution >= 0.6 is 22.9 Å². The number of hydrogen-bond donors (Lipinski definition) is 2. The van der Waals surface area contributed by atoms with Crippen LogP contribution in [0.15, 0.2) is 47.8 Å². The van der Waals surface area contributed by atoms with E-state index in [0.717, 1.165) is 10.6 Å². The third-order valence-corrected chi connectivity index (χ3v) is 5.19. The summed E-state index contributed by atoms with van der Waals surface area (Å²) < 4.78 is 0. The summed E-state index contributed by atoms with van der Waals surface area (Å²) in [6.45, 7) is 2.03. The van der Waals surface area contributed by atoms with Crippen molar-refractivity contribution >= 4 is 40.4 Å². The van der Waals surface area contributed by atoms with E-state index in [0.29, 0.717) is 22.0 Å². The van der Waals surface area contributed by atoms with Crippen molar-refractivity contribution in [1.82, 2.24) is 10.3 Å². The average Bonchev–Trinajstić information content (AvgIpc) is 3.11. The summed E-state index contributed by atoms with van der Waals surface area (Å²) in [5.74, 6) is -0.490. The van der Waals surface area contributed by atoms with Gasteiger partial charge in [-0.25, -0.2) is 4.98 Å². The summed E-state index contributed by atoms with van der Waals surface area (Å²) in [5, 5.41) is 8.40. The summed E-state index contributed by atoms with van der Waals surface area (Å²) in [6.07, 6.45) is 0.128. The van der Waals surface area contributed by atoms with E-state index in [9.17, 15) is 9.59 Å². The Morgan fingerprint density at radius 3 is 2.59 bits per heavy atom. The van der Waals surface area contributed by atoms with Gasteiger partial charge < -0.3 is 10.6 Å². The maximum Gasteiger partial charge on any atom is 0.251 e. The predicted molar refractivity (Wildman–Crippen MR) is 109 cm³/mol. The standard InChI is InChI=1S/C20H18ClN3O2S/c1-12-3-5-13(6-4-12)20-23-15(11-27-20)10-18(25)24-17-9-14(19(26)22-2)7-8-16(17)21/h3-9,11H,10H2,1-2H3,(H,22,26)(H,24,25). The van der Waals surface area contributed by atoms with Gasteiger partial charge in [0.2, 0.25) is 5.91 Å². The number of anilines is 1. The molecule has 0 saturated carbocycles. The smallest absolute Gasteiger partial charge is 0.251 e. The number of thiazole rings is 1. The number of aromatic nitrogens is 1. The Hall–Kier alpha value is -2.70. The monoisotopic (exact) mass is 399 g/mol. The van der Waals surface area contributed by atoms with Crippen molar-refractivity contribution in [2.45, 2.75) is 13.3 Å². The van der Waals surface area contributed by atoms with E-state index in [1.165, 1.54) is 16.9 Å². The Bertz CT molecular complexity index is 983. The Morgan fingerprint density at radius 1 is 1.15 bits per heavy atom. The number of aryl methyl sites for hydroxylation is 1. The fourth-order valence-electron chi connectivity index (χ4n) is 2.48. The van der Waals surface area contributed by atoms with Gasteiger partial charge in [-0.3, -0.25) is 9.59 Å². The second kappa shape index (κ2) is 8.33. The number of nitrogens with one attached hydrogen (secondary N) is 2. The summed E-state index contributed by atoms with van der Waals surface area (Å²) in [7, 11) is 1.54. The SMILES string of the molecule is CNC(=O)c1ccc(Cl)c(NC(=O)Cc2csc(-c3ccc(C)cc3)n2)c1. The first kappa shape index (κ1) is 19.1. The molecule has 27 heavy (non-hydrogen) atoms. The third kappa shape index (κ3) is 4.72. The molecule has 1 heterocycles. The van der Waals surface area contributed by atoms with Gasteiger partial charge >= 0.3 is 0 Å².